The second-order valence-corrected chi connectivity index (χ2v) is 5.33. The summed E-state index contributed by atoms with van der Waals surface area (Å²) < 4.78 is 0. The van der Waals surface area contributed by atoms with Gasteiger partial charge in [-0.15, -0.1) is 0 Å². The van der Waals surface area contributed by atoms with Crippen molar-refractivity contribution in [2.45, 2.75) is 20.3 Å². The summed E-state index contributed by atoms with van der Waals surface area (Å²) >= 11 is 0. The fourth-order valence-corrected chi connectivity index (χ4v) is 2.14. The highest BCUT2D eigenvalue weighted by molar-refractivity contribution is 5.90. The molecule has 21 heavy (non-hydrogen) atoms. The van der Waals surface area contributed by atoms with E-state index in [0.717, 1.165) is 12.0 Å². The first-order valence-electron chi connectivity index (χ1n) is 7.13. The van der Waals surface area contributed by atoms with Crippen LogP contribution in [0.1, 0.15) is 24.5 Å². The molecule has 0 unspecified atom stereocenters. The molecule has 2 rings (SSSR count). The van der Waals surface area contributed by atoms with Crippen LogP contribution < -0.4 is 0 Å². The maximum atomic E-state index is 7.43. The van der Waals surface area contributed by atoms with Crippen LogP contribution in [0.15, 0.2) is 78.4 Å². The summed E-state index contributed by atoms with van der Waals surface area (Å²) in [6.45, 7) is 7.95. The molecule has 0 amide bonds. The third kappa shape index (κ3) is 4.28. The van der Waals surface area contributed by atoms with Crippen LogP contribution in [0.2, 0.25) is 0 Å². The molecule has 0 atom stereocenters. The number of hydrogen-bond donors (Lipinski definition) is 1. The SMILES string of the molecule is C=C(/C=C\C(C)=N)C1=CC=C(c2ccc(C)cc2)C=CC1. The first-order valence-corrected chi connectivity index (χ1v) is 7.13. The number of allylic oxidation sites excluding steroid dienone is 9. The van der Waals surface area contributed by atoms with E-state index in [1.165, 1.54) is 22.3 Å². The molecule has 0 radical (unpaired) electrons. The van der Waals surface area contributed by atoms with Gasteiger partial charge >= 0.3 is 0 Å². The van der Waals surface area contributed by atoms with Gasteiger partial charge in [-0.25, -0.2) is 0 Å². The highest BCUT2D eigenvalue weighted by Gasteiger charge is 2.03. The minimum Gasteiger partial charge on any atom is -0.306 e. The zero-order chi connectivity index (χ0) is 15.2. The van der Waals surface area contributed by atoms with Crippen molar-refractivity contribution in [3.8, 4) is 0 Å². The summed E-state index contributed by atoms with van der Waals surface area (Å²) in [6, 6.07) is 8.57. The number of rotatable bonds is 4. The third-order valence-electron chi connectivity index (χ3n) is 3.43. The molecule has 1 aliphatic carbocycles. The number of hydrogen-bond acceptors (Lipinski definition) is 1. The van der Waals surface area contributed by atoms with Crippen LogP contribution >= 0.6 is 0 Å². The zero-order valence-electron chi connectivity index (χ0n) is 12.7. The summed E-state index contributed by atoms with van der Waals surface area (Å²) in [5.74, 6) is 0. The Labute approximate surface area is 127 Å². The van der Waals surface area contributed by atoms with Gasteiger partial charge in [0.2, 0.25) is 0 Å². The van der Waals surface area contributed by atoms with E-state index in [9.17, 15) is 0 Å². The fraction of sp³-hybridized carbons (Fsp3) is 0.150. The minimum atomic E-state index is 0.539. The Hall–Kier alpha value is -2.41. The van der Waals surface area contributed by atoms with Gasteiger partial charge in [0.25, 0.3) is 0 Å². The van der Waals surface area contributed by atoms with E-state index in [2.05, 4.69) is 62.1 Å². The molecule has 0 fully saturated rings. The van der Waals surface area contributed by atoms with Crippen molar-refractivity contribution in [2.24, 2.45) is 0 Å². The van der Waals surface area contributed by atoms with E-state index in [1.807, 2.05) is 6.08 Å². The number of benzene rings is 1. The molecule has 0 bridgehead atoms. The van der Waals surface area contributed by atoms with Crippen molar-refractivity contribution in [1.82, 2.24) is 0 Å². The van der Waals surface area contributed by atoms with E-state index in [1.54, 1.807) is 13.0 Å². The van der Waals surface area contributed by atoms with Crippen molar-refractivity contribution in [3.63, 3.8) is 0 Å². The first-order chi connectivity index (χ1) is 10.1. The Balaban J connectivity index is 2.22. The Bertz CT molecular complexity index is 664. The highest BCUT2D eigenvalue weighted by atomic mass is 14.4. The predicted molar refractivity (Wildman–Crippen MR) is 92.7 cm³/mol. The van der Waals surface area contributed by atoms with Crippen molar-refractivity contribution in [1.29, 1.82) is 5.41 Å². The average Bonchev–Trinajstić information content (AvgIpc) is 2.71. The van der Waals surface area contributed by atoms with E-state index < -0.39 is 0 Å². The largest absolute Gasteiger partial charge is 0.306 e. The summed E-state index contributed by atoms with van der Waals surface area (Å²) in [5, 5.41) is 7.43. The van der Waals surface area contributed by atoms with Gasteiger partial charge < -0.3 is 5.41 Å². The second-order valence-electron chi connectivity index (χ2n) is 5.33. The molecule has 1 aliphatic rings. The van der Waals surface area contributed by atoms with Gasteiger partial charge in [-0.05, 0) is 48.6 Å². The summed E-state index contributed by atoms with van der Waals surface area (Å²) in [6.07, 6.45) is 13.1. The average molecular weight is 275 g/mol. The molecular weight excluding hydrogens is 254 g/mol. The summed E-state index contributed by atoms with van der Waals surface area (Å²) in [7, 11) is 0. The van der Waals surface area contributed by atoms with Crippen LogP contribution in [-0.4, -0.2) is 5.71 Å². The molecule has 0 aromatic heterocycles. The van der Waals surface area contributed by atoms with Gasteiger partial charge in [-0.1, -0.05) is 66.8 Å². The van der Waals surface area contributed by atoms with Crippen LogP contribution in [0.4, 0.5) is 0 Å². The minimum absolute atomic E-state index is 0.539. The molecule has 1 aromatic carbocycles. The maximum absolute atomic E-state index is 7.43. The lowest BCUT2D eigenvalue weighted by Gasteiger charge is -2.02. The van der Waals surface area contributed by atoms with Gasteiger partial charge in [0.15, 0.2) is 0 Å². The molecule has 0 saturated carbocycles. The molecule has 1 aromatic rings. The topological polar surface area (TPSA) is 23.9 Å². The van der Waals surface area contributed by atoms with Gasteiger partial charge in [-0.3, -0.25) is 0 Å². The molecule has 1 heteroatoms. The van der Waals surface area contributed by atoms with Crippen LogP contribution in [0.5, 0.6) is 0 Å². The zero-order valence-corrected chi connectivity index (χ0v) is 12.7. The molecule has 0 saturated heterocycles. The van der Waals surface area contributed by atoms with Crippen LogP contribution in [0.25, 0.3) is 5.57 Å². The summed E-state index contributed by atoms with van der Waals surface area (Å²) in [4.78, 5) is 0. The Kier molecular flexibility index (Phi) is 4.89. The Morgan fingerprint density at radius 1 is 1.14 bits per heavy atom. The molecular formula is C20H21N. The van der Waals surface area contributed by atoms with Gasteiger partial charge in [-0.2, -0.15) is 0 Å². The number of nitrogens with one attached hydrogen (secondary N) is 1. The van der Waals surface area contributed by atoms with Crippen molar-refractivity contribution in [2.75, 3.05) is 0 Å². The lowest BCUT2D eigenvalue weighted by Crippen LogP contribution is -1.85. The van der Waals surface area contributed by atoms with Gasteiger partial charge in [0, 0.05) is 5.71 Å². The van der Waals surface area contributed by atoms with Gasteiger partial charge in [0.1, 0.15) is 0 Å². The smallest absolute Gasteiger partial charge is 0.0283 e. The van der Waals surface area contributed by atoms with Gasteiger partial charge in [0.05, 0.1) is 0 Å². The van der Waals surface area contributed by atoms with E-state index in [-0.39, 0.29) is 0 Å². The van der Waals surface area contributed by atoms with Crippen LogP contribution in [-0.2, 0) is 0 Å². The third-order valence-corrected chi connectivity index (χ3v) is 3.43. The van der Waals surface area contributed by atoms with Crippen LogP contribution in [0.3, 0.4) is 0 Å². The molecule has 1 N–H and O–H groups in total. The predicted octanol–water partition coefficient (Wildman–Crippen LogP) is 5.42. The monoisotopic (exact) mass is 275 g/mol. The molecule has 1 nitrogen and oxygen atoms in total. The first kappa shape index (κ1) is 15.0. The second kappa shape index (κ2) is 6.85. The maximum Gasteiger partial charge on any atom is 0.0283 e. The lowest BCUT2D eigenvalue weighted by molar-refractivity contribution is 1.26. The summed E-state index contributed by atoms with van der Waals surface area (Å²) in [5.41, 5.74) is 6.40. The molecule has 0 spiro atoms. The fourth-order valence-electron chi connectivity index (χ4n) is 2.14. The van der Waals surface area contributed by atoms with E-state index in [4.69, 9.17) is 5.41 Å². The quantitative estimate of drug-likeness (QED) is 0.560. The normalized spacial score (nSPS) is 14.6. The van der Waals surface area contributed by atoms with Crippen LogP contribution in [0, 0.1) is 12.3 Å². The molecule has 106 valence electrons. The van der Waals surface area contributed by atoms with Crippen molar-refractivity contribution in [3.05, 3.63) is 89.6 Å². The Morgan fingerprint density at radius 3 is 2.52 bits per heavy atom. The number of aryl methyl sites for hydroxylation is 1. The van der Waals surface area contributed by atoms with Crippen molar-refractivity contribution >= 4 is 11.3 Å². The van der Waals surface area contributed by atoms with E-state index in [0.29, 0.717) is 5.71 Å². The highest BCUT2D eigenvalue weighted by Crippen LogP contribution is 2.24. The van der Waals surface area contributed by atoms with E-state index >= 15 is 0 Å². The molecule has 0 heterocycles. The van der Waals surface area contributed by atoms with Crippen molar-refractivity contribution < 1.29 is 0 Å². The lowest BCUT2D eigenvalue weighted by atomic mass is 10.0. The Morgan fingerprint density at radius 2 is 1.86 bits per heavy atom. The molecule has 0 aliphatic heterocycles. The standard InChI is InChI=1S/C20H21N/c1-15-7-11-20(12-8-15)19-6-4-5-18(13-14-19)16(2)9-10-17(3)21/h4,6-14,21H,2,5H2,1,3H3/b10-9-,21-17?.